The number of aromatic nitrogens is 3. The number of thiophene rings is 2. The average molecular weight is 438 g/mol. The highest BCUT2D eigenvalue weighted by atomic mass is 32.1. The third-order valence-electron chi connectivity index (χ3n) is 4.93. The number of carbonyl (C=O) groups is 1. The van der Waals surface area contributed by atoms with Gasteiger partial charge in [0.2, 0.25) is 0 Å². The zero-order valence-electron chi connectivity index (χ0n) is 16.9. The third kappa shape index (κ3) is 4.49. The fraction of sp³-hybridized carbons (Fsp3) is 0.273. The molecule has 8 heteroatoms. The van der Waals surface area contributed by atoms with E-state index in [1.165, 1.54) is 21.8 Å². The van der Waals surface area contributed by atoms with Gasteiger partial charge in [0.25, 0.3) is 5.91 Å². The van der Waals surface area contributed by atoms with Crippen LogP contribution in [0, 0.1) is 6.92 Å². The van der Waals surface area contributed by atoms with Crippen LogP contribution in [0.5, 0.6) is 0 Å². The zero-order chi connectivity index (χ0) is 20.9. The van der Waals surface area contributed by atoms with Crippen molar-refractivity contribution in [2.45, 2.75) is 32.7 Å². The molecule has 0 unspecified atom stereocenters. The van der Waals surface area contributed by atoms with Gasteiger partial charge in [-0.05, 0) is 61.4 Å². The first kappa shape index (κ1) is 20.4. The molecule has 0 spiro atoms. The van der Waals surface area contributed by atoms with Crippen LogP contribution in [0.15, 0.2) is 48.4 Å². The average Bonchev–Trinajstić information content (AvgIpc) is 3.41. The molecule has 0 aliphatic rings. The number of amides is 1. The molecule has 1 amide bonds. The number of rotatable bonds is 8. The predicted octanol–water partition coefficient (Wildman–Crippen LogP) is 4.99. The lowest BCUT2D eigenvalue weighted by molar-refractivity contribution is 0.0957. The Kier molecular flexibility index (Phi) is 6.35. The van der Waals surface area contributed by atoms with E-state index in [4.69, 9.17) is 0 Å². The van der Waals surface area contributed by atoms with E-state index in [0.29, 0.717) is 11.4 Å². The number of pyridine rings is 1. The molecule has 4 aromatic rings. The molecule has 4 heterocycles. The maximum Gasteiger partial charge on any atom is 0.261 e. The summed E-state index contributed by atoms with van der Waals surface area (Å²) in [6, 6.07) is 8.28. The molecule has 0 saturated heterocycles. The molecule has 4 aromatic heterocycles. The second-order valence-electron chi connectivity index (χ2n) is 7.05. The maximum absolute atomic E-state index is 12.8. The lowest BCUT2D eigenvalue weighted by Gasteiger charge is -2.13. The minimum absolute atomic E-state index is 0.0533. The summed E-state index contributed by atoms with van der Waals surface area (Å²) in [7, 11) is 0. The summed E-state index contributed by atoms with van der Waals surface area (Å²) >= 11 is 3.12. The van der Waals surface area contributed by atoms with Crippen molar-refractivity contribution in [1.82, 2.24) is 20.3 Å². The van der Waals surface area contributed by atoms with Gasteiger partial charge in [0.15, 0.2) is 0 Å². The molecule has 0 fully saturated rings. The van der Waals surface area contributed by atoms with Crippen LogP contribution in [0.2, 0.25) is 0 Å². The molecule has 0 aliphatic heterocycles. The van der Waals surface area contributed by atoms with E-state index in [0.717, 1.165) is 34.4 Å². The molecule has 0 radical (unpaired) electrons. The second kappa shape index (κ2) is 9.32. The Bertz CT molecular complexity index is 1130. The van der Waals surface area contributed by atoms with E-state index in [9.17, 15) is 4.79 Å². The van der Waals surface area contributed by atoms with Gasteiger partial charge in [0, 0.05) is 23.8 Å². The molecule has 0 saturated carbocycles. The molecule has 30 heavy (non-hydrogen) atoms. The molecule has 6 nitrogen and oxygen atoms in total. The van der Waals surface area contributed by atoms with Crippen LogP contribution < -0.4 is 10.6 Å². The van der Waals surface area contributed by atoms with E-state index in [-0.39, 0.29) is 11.9 Å². The van der Waals surface area contributed by atoms with Gasteiger partial charge in [-0.2, -0.15) is 0 Å². The Morgan fingerprint density at radius 3 is 2.80 bits per heavy atom. The van der Waals surface area contributed by atoms with Crippen molar-refractivity contribution in [1.29, 1.82) is 0 Å². The van der Waals surface area contributed by atoms with Crippen LogP contribution in [0.25, 0.3) is 10.2 Å². The first-order valence-electron chi connectivity index (χ1n) is 9.84. The van der Waals surface area contributed by atoms with E-state index >= 15 is 0 Å². The summed E-state index contributed by atoms with van der Waals surface area (Å²) in [5.41, 5.74) is 2.14. The molecular weight excluding hydrogens is 414 g/mol. The summed E-state index contributed by atoms with van der Waals surface area (Å²) in [6.07, 6.45) is 6.93. The Balaban J connectivity index is 1.45. The van der Waals surface area contributed by atoms with Crippen molar-refractivity contribution >= 4 is 44.6 Å². The highest BCUT2D eigenvalue weighted by Crippen LogP contribution is 2.35. The van der Waals surface area contributed by atoms with Crippen LogP contribution in [0.1, 0.15) is 45.1 Å². The molecule has 0 bridgehead atoms. The van der Waals surface area contributed by atoms with Crippen molar-refractivity contribution in [3.8, 4) is 0 Å². The number of carbonyl (C=O) groups excluding carboxylic acids is 1. The van der Waals surface area contributed by atoms with Gasteiger partial charge < -0.3 is 10.6 Å². The van der Waals surface area contributed by atoms with Crippen molar-refractivity contribution < 1.29 is 4.79 Å². The SMILES string of the molecule is Cc1c(C(=O)NCCCc2ccncc2)sc2ncnc(N[C@H](C)c3cccs3)c12. The highest BCUT2D eigenvalue weighted by molar-refractivity contribution is 7.20. The standard InChI is InChI=1S/C22H23N5OS2/c1-14-18-20(27-15(2)17-6-4-12-29-17)25-13-26-22(18)30-19(14)21(28)24-9-3-5-16-7-10-23-11-8-16/h4,6-8,10-13,15H,3,5,9H2,1-2H3,(H,24,28)(H,25,26,27)/t15-/m1/s1. The fourth-order valence-electron chi connectivity index (χ4n) is 3.34. The Morgan fingerprint density at radius 2 is 2.03 bits per heavy atom. The van der Waals surface area contributed by atoms with Crippen LogP contribution >= 0.6 is 22.7 Å². The van der Waals surface area contributed by atoms with Crippen molar-refractivity contribution in [3.63, 3.8) is 0 Å². The fourth-order valence-corrected chi connectivity index (χ4v) is 5.14. The quantitative estimate of drug-likeness (QED) is 0.380. The van der Waals surface area contributed by atoms with Crippen molar-refractivity contribution in [3.05, 3.63) is 69.2 Å². The summed E-state index contributed by atoms with van der Waals surface area (Å²) in [4.78, 5) is 28.4. The van der Waals surface area contributed by atoms with Gasteiger partial charge in [0.05, 0.1) is 16.3 Å². The lowest BCUT2D eigenvalue weighted by Crippen LogP contribution is -2.24. The molecule has 154 valence electrons. The van der Waals surface area contributed by atoms with Gasteiger partial charge in [0.1, 0.15) is 17.0 Å². The van der Waals surface area contributed by atoms with E-state index < -0.39 is 0 Å². The topological polar surface area (TPSA) is 79.8 Å². The smallest absolute Gasteiger partial charge is 0.261 e. The van der Waals surface area contributed by atoms with Crippen molar-refractivity contribution in [2.75, 3.05) is 11.9 Å². The number of nitrogens with one attached hydrogen (secondary N) is 2. The predicted molar refractivity (Wildman–Crippen MR) is 123 cm³/mol. The van der Waals surface area contributed by atoms with E-state index in [2.05, 4.69) is 44.0 Å². The molecule has 2 N–H and O–H groups in total. The Hall–Kier alpha value is -2.84. The molecular formula is C22H23N5OS2. The molecule has 0 aromatic carbocycles. The minimum Gasteiger partial charge on any atom is -0.362 e. The second-order valence-corrected chi connectivity index (χ2v) is 9.03. The number of fused-ring (bicyclic) bond motifs is 1. The molecule has 1 atom stereocenters. The Labute approximate surface area is 183 Å². The maximum atomic E-state index is 12.8. The number of hydrogen-bond donors (Lipinski definition) is 2. The number of anilines is 1. The van der Waals surface area contributed by atoms with E-state index in [1.807, 2.05) is 25.1 Å². The van der Waals surface area contributed by atoms with Gasteiger partial charge in [-0.25, -0.2) is 9.97 Å². The number of aryl methyl sites for hydroxylation is 2. The first-order valence-corrected chi connectivity index (χ1v) is 11.5. The van der Waals surface area contributed by atoms with Crippen LogP contribution in [0.4, 0.5) is 5.82 Å². The third-order valence-corrected chi connectivity index (χ3v) is 7.19. The highest BCUT2D eigenvalue weighted by Gasteiger charge is 2.20. The zero-order valence-corrected chi connectivity index (χ0v) is 18.5. The van der Waals surface area contributed by atoms with Gasteiger partial charge >= 0.3 is 0 Å². The van der Waals surface area contributed by atoms with Gasteiger partial charge in [-0.3, -0.25) is 9.78 Å². The first-order chi connectivity index (χ1) is 14.6. The minimum atomic E-state index is -0.0533. The summed E-state index contributed by atoms with van der Waals surface area (Å²) in [5, 5.41) is 9.51. The Morgan fingerprint density at radius 1 is 1.20 bits per heavy atom. The largest absolute Gasteiger partial charge is 0.362 e. The van der Waals surface area contributed by atoms with Crippen LogP contribution in [0.3, 0.4) is 0 Å². The van der Waals surface area contributed by atoms with Crippen LogP contribution in [-0.4, -0.2) is 27.4 Å². The van der Waals surface area contributed by atoms with Gasteiger partial charge in [-0.15, -0.1) is 22.7 Å². The van der Waals surface area contributed by atoms with Gasteiger partial charge in [-0.1, -0.05) is 6.07 Å². The number of hydrogen-bond acceptors (Lipinski definition) is 7. The normalized spacial score (nSPS) is 12.1. The summed E-state index contributed by atoms with van der Waals surface area (Å²) in [6.45, 7) is 4.70. The molecule has 0 aliphatic carbocycles. The monoisotopic (exact) mass is 437 g/mol. The lowest BCUT2D eigenvalue weighted by atomic mass is 10.1. The number of nitrogens with zero attached hydrogens (tertiary/aromatic N) is 3. The summed E-state index contributed by atoms with van der Waals surface area (Å²) in [5.74, 6) is 0.717. The van der Waals surface area contributed by atoms with E-state index in [1.54, 1.807) is 30.1 Å². The van der Waals surface area contributed by atoms with Crippen LogP contribution in [-0.2, 0) is 6.42 Å². The molecule has 4 rings (SSSR count). The van der Waals surface area contributed by atoms with Crippen molar-refractivity contribution in [2.24, 2.45) is 0 Å². The summed E-state index contributed by atoms with van der Waals surface area (Å²) < 4.78 is 0.